The van der Waals surface area contributed by atoms with Crippen LogP contribution in [0.3, 0.4) is 0 Å². The Morgan fingerprint density at radius 3 is 2.89 bits per heavy atom. The maximum absolute atomic E-state index is 12.2. The van der Waals surface area contributed by atoms with Gasteiger partial charge in [0.25, 0.3) is 5.91 Å². The first-order valence-corrected chi connectivity index (χ1v) is 6.15. The number of amides is 1. The summed E-state index contributed by atoms with van der Waals surface area (Å²) < 4.78 is 5.42. The Morgan fingerprint density at radius 2 is 2.05 bits per heavy atom. The van der Waals surface area contributed by atoms with Gasteiger partial charge in [-0.1, -0.05) is 12.1 Å². The molecule has 0 unspecified atom stereocenters. The maximum Gasteiger partial charge on any atom is 0.255 e. The van der Waals surface area contributed by atoms with Crippen LogP contribution in [0, 0.1) is 0 Å². The standard InChI is InChI=1S/C15H14N2O2/c16-12-3-1-2-4-13(12)17-15(18)11-5-6-14-10(9-11)7-8-19-14/h1-6,9H,7-8,16H2,(H,17,18). The second kappa shape index (κ2) is 4.65. The van der Waals surface area contributed by atoms with Crippen molar-refractivity contribution in [2.75, 3.05) is 17.7 Å². The van der Waals surface area contributed by atoms with E-state index in [0.717, 1.165) is 17.7 Å². The number of rotatable bonds is 2. The second-order valence-corrected chi connectivity index (χ2v) is 4.46. The largest absolute Gasteiger partial charge is 0.493 e. The molecule has 0 aliphatic carbocycles. The smallest absolute Gasteiger partial charge is 0.255 e. The predicted octanol–water partition coefficient (Wildman–Crippen LogP) is 2.46. The Kier molecular flexibility index (Phi) is 2.83. The number of hydrogen-bond donors (Lipinski definition) is 2. The van der Waals surface area contributed by atoms with Crippen molar-refractivity contribution in [2.45, 2.75) is 6.42 Å². The Bertz CT molecular complexity index is 638. The molecule has 0 saturated carbocycles. The molecule has 4 nitrogen and oxygen atoms in total. The Balaban J connectivity index is 1.83. The molecular weight excluding hydrogens is 240 g/mol. The van der Waals surface area contributed by atoms with Gasteiger partial charge in [0.1, 0.15) is 5.75 Å². The Hall–Kier alpha value is -2.49. The minimum absolute atomic E-state index is 0.160. The van der Waals surface area contributed by atoms with Crippen LogP contribution in [0.1, 0.15) is 15.9 Å². The van der Waals surface area contributed by atoms with Crippen molar-refractivity contribution in [1.29, 1.82) is 0 Å². The van der Waals surface area contributed by atoms with E-state index in [-0.39, 0.29) is 5.91 Å². The number of carbonyl (C=O) groups is 1. The summed E-state index contributed by atoms with van der Waals surface area (Å²) in [5, 5.41) is 2.81. The number of carbonyl (C=O) groups excluding carboxylic acids is 1. The fourth-order valence-electron chi connectivity index (χ4n) is 2.13. The third-order valence-corrected chi connectivity index (χ3v) is 3.16. The van der Waals surface area contributed by atoms with Crippen LogP contribution in [0.4, 0.5) is 11.4 Å². The number of benzene rings is 2. The highest BCUT2D eigenvalue weighted by molar-refractivity contribution is 6.05. The van der Waals surface area contributed by atoms with Gasteiger partial charge in [-0.2, -0.15) is 0 Å². The molecule has 3 N–H and O–H groups in total. The number of ether oxygens (including phenoxy) is 1. The number of para-hydroxylation sites is 2. The summed E-state index contributed by atoms with van der Waals surface area (Å²) in [6, 6.07) is 12.7. The van der Waals surface area contributed by atoms with Crippen LogP contribution < -0.4 is 15.8 Å². The maximum atomic E-state index is 12.2. The highest BCUT2D eigenvalue weighted by Crippen LogP contribution is 2.26. The lowest BCUT2D eigenvalue weighted by Crippen LogP contribution is -2.13. The summed E-state index contributed by atoms with van der Waals surface area (Å²) in [7, 11) is 0. The third-order valence-electron chi connectivity index (χ3n) is 3.16. The minimum Gasteiger partial charge on any atom is -0.493 e. The van der Waals surface area contributed by atoms with Crippen LogP contribution in [0.25, 0.3) is 0 Å². The molecule has 0 atom stereocenters. The van der Waals surface area contributed by atoms with Gasteiger partial charge in [-0.15, -0.1) is 0 Å². The number of fused-ring (bicyclic) bond motifs is 1. The fourth-order valence-corrected chi connectivity index (χ4v) is 2.13. The first-order valence-electron chi connectivity index (χ1n) is 6.15. The molecule has 3 rings (SSSR count). The lowest BCUT2D eigenvalue weighted by atomic mass is 10.1. The van der Waals surface area contributed by atoms with Crippen molar-refractivity contribution in [2.24, 2.45) is 0 Å². The lowest BCUT2D eigenvalue weighted by Gasteiger charge is -2.08. The molecule has 2 aromatic carbocycles. The van der Waals surface area contributed by atoms with Crippen LogP contribution in [-0.2, 0) is 6.42 Å². The van der Waals surface area contributed by atoms with Gasteiger partial charge >= 0.3 is 0 Å². The number of nitrogens with two attached hydrogens (primary N) is 1. The lowest BCUT2D eigenvalue weighted by molar-refractivity contribution is 0.102. The molecule has 2 aromatic rings. The summed E-state index contributed by atoms with van der Waals surface area (Å²) in [6.45, 7) is 0.687. The van der Waals surface area contributed by atoms with E-state index in [2.05, 4.69) is 5.32 Å². The summed E-state index contributed by atoms with van der Waals surface area (Å²) in [5.41, 5.74) is 8.68. The van der Waals surface area contributed by atoms with Crippen molar-refractivity contribution in [1.82, 2.24) is 0 Å². The van der Waals surface area contributed by atoms with E-state index in [1.807, 2.05) is 24.3 Å². The van der Waals surface area contributed by atoms with Crippen molar-refractivity contribution < 1.29 is 9.53 Å². The Morgan fingerprint density at radius 1 is 1.21 bits per heavy atom. The van der Waals surface area contributed by atoms with E-state index in [1.165, 1.54) is 0 Å². The van der Waals surface area contributed by atoms with Gasteiger partial charge in [0, 0.05) is 12.0 Å². The molecule has 0 saturated heterocycles. The van der Waals surface area contributed by atoms with Crippen LogP contribution in [0.15, 0.2) is 42.5 Å². The van der Waals surface area contributed by atoms with E-state index in [4.69, 9.17) is 10.5 Å². The molecule has 0 aromatic heterocycles. The molecule has 0 bridgehead atoms. The van der Waals surface area contributed by atoms with Gasteiger partial charge in [-0.3, -0.25) is 4.79 Å². The number of nitrogen functional groups attached to an aromatic ring is 1. The number of nitrogens with one attached hydrogen (secondary N) is 1. The topological polar surface area (TPSA) is 64.3 Å². The van der Waals surface area contributed by atoms with Gasteiger partial charge in [0.15, 0.2) is 0 Å². The second-order valence-electron chi connectivity index (χ2n) is 4.46. The van der Waals surface area contributed by atoms with Crippen molar-refractivity contribution in [3.8, 4) is 5.75 Å². The molecule has 1 aliphatic rings. The average molecular weight is 254 g/mol. The van der Waals surface area contributed by atoms with E-state index >= 15 is 0 Å². The molecule has 96 valence electrons. The van der Waals surface area contributed by atoms with Gasteiger partial charge < -0.3 is 15.8 Å². The average Bonchev–Trinajstić information content (AvgIpc) is 2.88. The zero-order chi connectivity index (χ0) is 13.2. The van der Waals surface area contributed by atoms with Crippen LogP contribution in [0.2, 0.25) is 0 Å². The van der Waals surface area contributed by atoms with E-state index < -0.39 is 0 Å². The quantitative estimate of drug-likeness (QED) is 0.809. The normalized spacial score (nSPS) is 12.6. The monoisotopic (exact) mass is 254 g/mol. The molecule has 1 heterocycles. The molecule has 19 heavy (non-hydrogen) atoms. The first-order chi connectivity index (χ1) is 9.24. The molecular formula is C15H14N2O2. The highest BCUT2D eigenvalue weighted by atomic mass is 16.5. The molecule has 4 heteroatoms. The zero-order valence-electron chi connectivity index (χ0n) is 10.3. The van der Waals surface area contributed by atoms with Gasteiger partial charge in [0.05, 0.1) is 18.0 Å². The minimum atomic E-state index is -0.160. The molecule has 0 spiro atoms. The van der Waals surface area contributed by atoms with Gasteiger partial charge in [-0.05, 0) is 35.9 Å². The predicted molar refractivity (Wildman–Crippen MR) is 74.4 cm³/mol. The van der Waals surface area contributed by atoms with Gasteiger partial charge in [0.2, 0.25) is 0 Å². The first kappa shape index (κ1) is 11.6. The summed E-state index contributed by atoms with van der Waals surface area (Å²) in [5.74, 6) is 0.711. The van der Waals surface area contributed by atoms with E-state index in [9.17, 15) is 4.79 Å². The molecule has 1 amide bonds. The SMILES string of the molecule is Nc1ccccc1NC(=O)c1ccc2c(c1)CCO2. The number of anilines is 2. The van der Waals surface area contributed by atoms with Crippen LogP contribution >= 0.6 is 0 Å². The molecule has 1 aliphatic heterocycles. The van der Waals surface area contributed by atoms with Gasteiger partial charge in [-0.25, -0.2) is 0 Å². The van der Waals surface area contributed by atoms with Crippen LogP contribution in [0.5, 0.6) is 5.75 Å². The zero-order valence-corrected chi connectivity index (χ0v) is 10.3. The molecule has 0 radical (unpaired) electrons. The van der Waals surface area contributed by atoms with E-state index in [1.54, 1.807) is 18.2 Å². The molecule has 0 fully saturated rings. The van der Waals surface area contributed by atoms with Crippen molar-refractivity contribution >= 4 is 17.3 Å². The number of hydrogen-bond acceptors (Lipinski definition) is 3. The summed E-state index contributed by atoms with van der Waals surface area (Å²) in [4.78, 5) is 12.2. The van der Waals surface area contributed by atoms with Crippen LogP contribution in [-0.4, -0.2) is 12.5 Å². The van der Waals surface area contributed by atoms with E-state index in [0.29, 0.717) is 23.5 Å². The Labute approximate surface area is 111 Å². The van der Waals surface area contributed by atoms with Crippen molar-refractivity contribution in [3.63, 3.8) is 0 Å². The highest BCUT2D eigenvalue weighted by Gasteiger charge is 2.15. The summed E-state index contributed by atoms with van der Waals surface area (Å²) >= 11 is 0. The third kappa shape index (κ3) is 2.25. The summed E-state index contributed by atoms with van der Waals surface area (Å²) in [6.07, 6.45) is 0.851. The van der Waals surface area contributed by atoms with Crippen molar-refractivity contribution in [3.05, 3.63) is 53.6 Å². The fraction of sp³-hybridized carbons (Fsp3) is 0.133.